The van der Waals surface area contributed by atoms with Gasteiger partial charge in [0, 0.05) is 48.1 Å². The van der Waals surface area contributed by atoms with Gasteiger partial charge < -0.3 is 9.64 Å². The predicted octanol–water partition coefficient (Wildman–Crippen LogP) is 4.74. The molecule has 0 radical (unpaired) electrons. The zero-order chi connectivity index (χ0) is 22.6. The predicted molar refractivity (Wildman–Crippen MR) is 120 cm³/mol. The third-order valence-corrected chi connectivity index (χ3v) is 7.08. The number of aromatic nitrogens is 5. The molecule has 4 heterocycles. The second kappa shape index (κ2) is 7.97. The van der Waals surface area contributed by atoms with E-state index in [2.05, 4.69) is 21.2 Å². The molecule has 7 nitrogen and oxygen atoms in total. The molecule has 3 fully saturated rings. The number of halogens is 2. The topological polar surface area (TPSA) is 69.0 Å². The Morgan fingerprint density at radius 3 is 2.67 bits per heavy atom. The smallest absolute Gasteiger partial charge is 0.248 e. The first-order valence-electron chi connectivity index (χ1n) is 11.9. The number of aryl methyl sites for hydroxylation is 1. The first kappa shape index (κ1) is 20.9. The number of ether oxygens (including phenoxy) is 1. The Balaban J connectivity index is 1.31. The fraction of sp³-hybridized carbons (Fsp3) is 0.583. The number of morpholine rings is 1. The highest BCUT2D eigenvalue weighted by molar-refractivity contribution is 5.79. The highest BCUT2D eigenvalue weighted by atomic mass is 19.3. The van der Waals surface area contributed by atoms with Gasteiger partial charge >= 0.3 is 0 Å². The average molecular weight is 455 g/mol. The Morgan fingerprint density at radius 2 is 1.88 bits per heavy atom. The molecule has 2 saturated carbocycles. The minimum Gasteiger partial charge on any atom is -0.370 e. The van der Waals surface area contributed by atoms with E-state index < -0.39 is 5.92 Å². The fourth-order valence-electron chi connectivity index (χ4n) is 4.97. The number of hydrogen-bond acceptors (Lipinski definition) is 6. The Hall–Kier alpha value is -2.68. The molecular weight excluding hydrogens is 426 g/mol. The van der Waals surface area contributed by atoms with Gasteiger partial charge in [0.1, 0.15) is 6.10 Å². The van der Waals surface area contributed by atoms with E-state index in [1.165, 1.54) is 12.8 Å². The molecule has 0 aromatic carbocycles. The molecule has 33 heavy (non-hydrogen) atoms. The lowest BCUT2D eigenvalue weighted by molar-refractivity contribution is -0.0383. The summed E-state index contributed by atoms with van der Waals surface area (Å²) >= 11 is 0. The third kappa shape index (κ3) is 4.18. The second-order valence-corrected chi connectivity index (χ2v) is 9.65. The molecule has 174 valence electrons. The molecule has 0 amide bonds. The van der Waals surface area contributed by atoms with Crippen molar-refractivity contribution in [3.8, 4) is 0 Å². The van der Waals surface area contributed by atoms with Gasteiger partial charge in [-0.25, -0.2) is 18.7 Å². The van der Waals surface area contributed by atoms with Crippen molar-refractivity contribution >= 4 is 17.0 Å². The minimum absolute atomic E-state index is 0.00741. The van der Waals surface area contributed by atoms with Crippen molar-refractivity contribution in [1.29, 1.82) is 0 Å². The number of pyridine rings is 1. The summed E-state index contributed by atoms with van der Waals surface area (Å²) in [5.41, 5.74) is 3.43. The lowest BCUT2D eigenvalue weighted by Crippen LogP contribution is -2.39. The molecule has 1 unspecified atom stereocenters. The molecule has 0 spiro atoms. The largest absolute Gasteiger partial charge is 0.370 e. The van der Waals surface area contributed by atoms with Crippen molar-refractivity contribution in [2.75, 3.05) is 24.6 Å². The minimum atomic E-state index is -2.57. The maximum Gasteiger partial charge on any atom is 0.248 e. The van der Waals surface area contributed by atoms with Crippen molar-refractivity contribution in [3.05, 3.63) is 41.5 Å². The number of fused-ring (bicyclic) bond motifs is 1. The molecule has 1 atom stereocenters. The number of alkyl halides is 2. The van der Waals surface area contributed by atoms with Crippen molar-refractivity contribution < 1.29 is 13.5 Å². The molecule has 0 N–H and O–H groups in total. The Labute approximate surface area is 191 Å². The Morgan fingerprint density at radius 1 is 1.06 bits per heavy atom. The van der Waals surface area contributed by atoms with Crippen LogP contribution in [0.2, 0.25) is 0 Å². The van der Waals surface area contributed by atoms with Crippen molar-refractivity contribution in [2.45, 2.75) is 69.4 Å². The van der Waals surface area contributed by atoms with Gasteiger partial charge in [-0.3, -0.25) is 4.68 Å². The first-order valence-corrected chi connectivity index (χ1v) is 11.9. The third-order valence-electron chi connectivity index (χ3n) is 7.08. The maximum atomic E-state index is 13.8. The number of hydrogen-bond donors (Lipinski definition) is 0. The van der Waals surface area contributed by atoms with Crippen molar-refractivity contribution in [3.63, 3.8) is 0 Å². The van der Waals surface area contributed by atoms with Gasteiger partial charge in [0.2, 0.25) is 11.9 Å². The molecule has 0 bridgehead atoms. The Bertz CT molecular complexity index is 1170. The first-order chi connectivity index (χ1) is 15.9. The van der Waals surface area contributed by atoms with Gasteiger partial charge in [-0.1, -0.05) is 0 Å². The summed E-state index contributed by atoms with van der Waals surface area (Å²) in [6.07, 6.45) is 6.92. The van der Waals surface area contributed by atoms with Crippen LogP contribution in [0.1, 0.15) is 73.5 Å². The van der Waals surface area contributed by atoms with Crippen molar-refractivity contribution in [2.24, 2.45) is 0 Å². The van der Waals surface area contributed by atoms with Gasteiger partial charge in [-0.2, -0.15) is 10.1 Å². The molecular formula is C24H28F2N6O. The maximum absolute atomic E-state index is 13.8. The van der Waals surface area contributed by atoms with Gasteiger partial charge in [-0.05, 0) is 44.7 Å². The summed E-state index contributed by atoms with van der Waals surface area (Å²) in [5.74, 6) is -1.97. The van der Waals surface area contributed by atoms with Crippen LogP contribution in [0.5, 0.6) is 0 Å². The molecule has 6 rings (SSSR count). The van der Waals surface area contributed by atoms with E-state index in [0.29, 0.717) is 50.2 Å². The van der Waals surface area contributed by atoms with Gasteiger partial charge in [0.25, 0.3) is 0 Å². The summed E-state index contributed by atoms with van der Waals surface area (Å²) in [4.78, 5) is 16.5. The van der Waals surface area contributed by atoms with Gasteiger partial charge in [0.05, 0.1) is 31.1 Å². The molecule has 3 aliphatic rings. The van der Waals surface area contributed by atoms with Crippen LogP contribution in [0.25, 0.3) is 11.0 Å². The standard InChI is InChI=1S/C24H28F2N6O/c1-15-2-5-19-21(16-6-8-24(25,26)9-7-16)29-23(30-22(19)28-15)31-10-11-33-20(14-31)17-12-27-32(13-17)18-3-4-18/h2,5,12-13,16,18,20H,3-4,6-11,14H2,1H3. The molecule has 2 aliphatic carbocycles. The van der Waals surface area contributed by atoms with E-state index >= 15 is 0 Å². The van der Waals surface area contributed by atoms with Crippen LogP contribution in [0.15, 0.2) is 24.5 Å². The summed E-state index contributed by atoms with van der Waals surface area (Å²) in [5, 5.41) is 5.37. The average Bonchev–Trinajstić information content (AvgIpc) is 3.54. The number of rotatable bonds is 4. The Kier molecular flexibility index (Phi) is 5.05. The van der Waals surface area contributed by atoms with E-state index in [4.69, 9.17) is 14.7 Å². The fourth-order valence-corrected chi connectivity index (χ4v) is 4.97. The summed E-state index contributed by atoms with van der Waals surface area (Å²) in [7, 11) is 0. The summed E-state index contributed by atoms with van der Waals surface area (Å²) in [6, 6.07) is 4.45. The monoisotopic (exact) mass is 454 g/mol. The SMILES string of the molecule is Cc1ccc2c(C3CCC(F)(F)CC3)nc(N3CCOC(c4cnn(C5CC5)c4)C3)nc2n1. The normalized spacial score (nSPS) is 23.8. The second-order valence-electron chi connectivity index (χ2n) is 9.65. The van der Waals surface area contributed by atoms with E-state index in [-0.39, 0.29) is 24.9 Å². The number of anilines is 1. The molecule has 1 saturated heterocycles. The van der Waals surface area contributed by atoms with Crippen LogP contribution in [-0.2, 0) is 4.74 Å². The zero-order valence-electron chi connectivity index (χ0n) is 18.8. The van der Waals surface area contributed by atoms with Crippen LogP contribution >= 0.6 is 0 Å². The van der Waals surface area contributed by atoms with Crippen LogP contribution < -0.4 is 4.90 Å². The lowest BCUT2D eigenvalue weighted by Gasteiger charge is -2.33. The van der Waals surface area contributed by atoms with E-state index in [1.807, 2.05) is 29.9 Å². The zero-order valence-corrected chi connectivity index (χ0v) is 18.8. The van der Waals surface area contributed by atoms with Crippen molar-refractivity contribution in [1.82, 2.24) is 24.7 Å². The summed E-state index contributed by atoms with van der Waals surface area (Å²) in [6.45, 7) is 3.79. The lowest BCUT2D eigenvalue weighted by atomic mass is 9.83. The highest BCUT2D eigenvalue weighted by Crippen LogP contribution is 2.42. The van der Waals surface area contributed by atoms with Gasteiger partial charge in [-0.15, -0.1) is 0 Å². The van der Waals surface area contributed by atoms with Crippen LogP contribution in [0.3, 0.4) is 0 Å². The van der Waals surface area contributed by atoms with E-state index in [0.717, 1.165) is 22.3 Å². The molecule has 1 aliphatic heterocycles. The van der Waals surface area contributed by atoms with Crippen LogP contribution in [0, 0.1) is 6.92 Å². The molecule has 3 aromatic rings. The number of nitrogens with zero attached hydrogens (tertiary/aromatic N) is 6. The van der Waals surface area contributed by atoms with E-state index in [1.54, 1.807) is 0 Å². The summed E-state index contributed by atoms with van der Waals surface area (Å²) < 4.78 is 35.7. The molecule has 3 aromatic heterocycles. The van der Waals surface area contributed by atoms with Gasteiger partial charge in [0.15, 0.2) is 5.65 Å². The van der Waals surface area contributed by atoms with Crippen LogP contribution in [-0.4, -0.2) is 50.4 Å². The van der Waals surface area contributed by atoms with E-state index in [9.17, 15) is 8.78 Å². The quantitative estimate of drug-likeness (QED) is 0.568. The van der Waals surface area contributed by atoms with Crippen LogP contribution in [0.4, 0.5) is 14.7 Å². The highest BCUT2D eigenvalue weighted by Gasteiger charge is 2.37. The molecule has 9 heteroatoms.